The Kier molecular flexibility index (Phi) is 6.11. The number of hydrogen-bond donors (Lipinski definition) is 1. The maximum Gasteiger partial charge on any atom is 0.0223 e. The van der Waals surface area contributed by atoms with Crippen LogP contribution in [0.4, 0.5) is 0 Å². The highest BCUT2D eigenvalue weighted by atomic mass is 15.2. The Morgan fingerprint density at radius 2 is 2.05 bits per heavy atom. The molecule has 0 aromatic rings. The highest BCUT2D eigenvalue weighted by molar-refractivity contribution is 4.89. The van der Waals surface area contributed by atoms with Crippen molar-refractivity contribution in [3.05, 3.63) is 0 Å². The molecule has 2 fully saturated rings. The molecule has 0 spiro atoms. The summed E-state index contributed by atoms with van der Waals surface area (Å²) in [5.41, 5.74) is 0. The van der Waals surface area contributed by atoms with E-state index >= 15 is 0 Å². The van der Waals surface area contributed by atoms with Gasteiger partial charge in [-0.15, -0.1) is 0 Å². The van der Waals surface area contributed by atoms with Gasteiger partial charge in [0.2, 0.25) is 0 Å². The third kappa shape index (κ3) is 5.41. The van der Waals surface area contributed by atoms with Crippen LogP contribution >= 0.6 is 0 Å². The van der Waals surface area contributed by atoms with E-state index in [4.69, 9.17) is 0 Å². The summed E-state index contributed by atoms with van der Waals surface area (Å²) < 4.78 is 0. The second-order valence-corrected chi connectivity index (χ2v) is 6.83. The Morgan fingerprint density at radius 1 is 1.26 bits per heavy atom. The van der Waals surface area contributed by atoms with Crippen LogP contribution in [0.1, 0.15) is 46.0 Å². The molecular weight excluding hydrogens is 234 g/mol. The highest BCUT2D eigenvalue weighted by Gasteiger charge is 2.32. The minimum absolute atomic E-state index is 0.682. The lowest BCUT2D eigenvalue weighted by molar-refractivity contribution is 0.233. The van der Waals surface area contributed by atoms with Gasteiger partial charge in [-0.3, -0.25) is 0 Å². The fourth-order valence-electron chi connectivity index (χ4n) is 3.00. The topological polar surface area (TPSA) is 18.5 Å². The van der Waals surface area contributed by atoms with E-state index in [2.05, 4.69) is 36.0 Å². The molecule has 1 heterocycles. The van der Waals surface area contributed by atoms with Crippen molar-refractivity contribution in [2.45, 2.75) is 58.0 Å². The van der Waals surface area contributed by atoms with Crippen molar-refractivity contribution in [1.82, 2.24) is 15.1 Å². The van der Waals surface area contributed by atoms with E-state index in [-0.39, 0.29) is 0 Å². The number of nitrogens with zero attached hydrogens (tertiary/aromatic N) is 2. The summed E-state index contributed by atoms with van der Waals surface area (Å²) in [7, 11) is 2.24. The first kappa shape index (κ1) is 15.3. The lowest BCUT2D eigenvalue weighted by Crippen LogP contribution is -2.39. The quantitative estimate of drug-likeness (QED) is 0.713. The molecule has 0 aromatic carbocycles. The predicted octanol–water partition coefficient (Wildman–Crippen LogP) is 2.18. The van der Waals surface area contributed by atoms with Crippen molar-refractivity contribution in [3.63, 3.8) is 0 Å². The van der Waals surface area contributed by atoms with Gasteiger partial charge in [0.1, 0.15) is 0 Å². The number of hydrogen-bond acceptors (Lipinski definition) is 3. The Labute approximate surface area is 119 Å². The van der Waals surface area contributed by atoms with Gasteiger partial charge < -0.3 is 15.1 Å². The highest BCUT2D eigenvalue weighted by Crippen LogP contribution is 2.33. The molecule has 0 aromatic heterocycles. The minimum atomic E-state index is 0.682. The molecule has 19 heavy (non-hydrogen) atoms. The number of rotatable bonds is 7. The van der Waals surface area contributed by atoms with E-state index in [9.17, 15) is 0 Å². The zero-order valence-electron chi connectivity index (χ0n) is 13.2. The number of nitrogens with one attached hydrogen (secondary N) is 1. The van der Waals surface area contributed by atoms with E-state index in [1.807, 2.05) is 0 Å². The van der Waals surface area contributed by atoms with Crippen molar-refractivity contribution >= 4 is 0 Å². The van der Waals surface area contributed by atoms with Gasteiger partial charge in [0.15, 0.2) is 0 Å². The molecular formula is C16H33N3. The molecule has 3 nitrogen and oxygen atoms in total. The van der Waals surface area contributed by atoms with Crippen molar-refractivity contribution in [3.8, 4) is 0 Å². The average molecular weight is 267 g/mol. The van der Waals surface area contributed by atoms with Gasteiger partial charge in [-0.05, 0) is 85.1 Å². The molecule has 1 unspecified atom stereocenters. The van der Waals surface area contributed by atoms with Crippen LogP contribution in [0.3, 0.4) is 0 Å². The monoisotopic (exact) mass is 267 g/mol. The predicted molar refractivity (Wildman–Crippen MR) is 82.6 cm³/mol. The minimum Gasteiger partial charge on any atom is -0.312 e. The van der Waals surface area contributed by atoms with Crippen LogP contribution in [0, 0.1) is 5.92 Å². The molecule has 2 rings (SSSR count). The molecule has 3 heteroatoms. The number of unbranched alkanes of at least 4 members (excludes halogenated alkanes) is 1. The van der Waals surface area contributed by atoms with E-state index in [1.54, 1.807) is 0 Å². The molecule has 112 valence electrons. The van der Waals surface area contributed by atoms with Gasteiger partial charge in [0, 0.05) is 18.6 Å². The molecule has 1 atom stereocenters. The van der Waals surface area contributed by atoms with Crippen molar-refractivity contribution in [1.29, 1.82) is 0 Å². The first-order valence-electron chi connectivity index (χ1n) is 8.33. The molecule has 0 radical (unpaired) electrons. The SMILES string of the molecule is CC(C)N(C)CCCCN1CCCNC(C2CC2)C1. The summed E-state index contributed by atoms with van der Waals surface area (Å²) >= 11 is 0. The third-order valence-electron chi connectivity index (χ3n) is 4.82. The summed E-state index contributed by atoms with van der Waals surface area (Å²) in [6.07, 6.45) is 6.95. The fraction of sp³-hybridized carbons (Fsp3) is 1.00. The maximum absolute atomic E-state index is 3.75. The summed E-state index contributed by atoms with van der Waals surface area (Å²) in [6, 6.07) is 1.47. The first-order valence-corrected chi connectivity index (χ1v) is 8.33. The van der Waals surface area contributed by atoms with Gasteiger partial charge in [-0.2, -0.15) is 0 Å². The van der Waals surface area contributed by atoms with Crippen molar-refractivity contribution in [2.75, 3.05) is 39.8 Å². The van der Waals surface area contributed by atoms with E-state index < -0.39 is 0 Å². The molecule has 1 saturated carbocycles. The second-order valence-electron chi connectivity index (χ2n) is 6.83. The largest absolute Gasteiger partial charge is 0.312 e. The first-order chi connectivity index (χ1) is 9.16. The van der Waals surface area contributed by atoms with E-state index in [0.717, 1.165) is 12.0 Å². The van der Waals surface area contributed by atoms with E-state index in [0.29, 0.717) is 6.04 Å². The molecule has 1 N–H and O–H groups in total. The smallest absolute Gasteiger partial charge is 0.0223 e. The molecule has 2 aliphatic rings. The van der Waals surface area contributed by atoms with Gasteiger partial charge in [0.25, 0.3) is 0 Å². The zero-order chi connectivity index (χ0) is 13.7. The van der Waals surface area contributed by atoms with Crippen LogP contribution in [0.25, 0.3) is 0 Å². The van der Waals surface area contributed by atoms with Gasteiger partial charge in [-0.1, -0.05) is 0 Å². The van der Waals surface area contributed by atoms with Crippen LogP contribution in [-0.4, -0.2) is 61.7 Å². The Balaban J connectivity index is 1.61. The third-order valence-corrected chi connectivity index (χ3v) is 4.82. The lowest BCUT2D eigenvalue weighted by atomic mass is 10.1. The standard InChI is InChI=1S/C16H33N3/c1-14(2)18(3)10-4-5-11-19-12-6-9-17-16(13-19)15-7-8-15/h14-17H,4-13H2,1-3H3. The molecule has 0 bridgehead atoms. The summed E-state index contributed by atoms with van der Waals surface area (Å²) in [6.45, 7) is 10.9. The molecule has 1 aliphatic carbocycles. The lowest BCUT2D eigenvalue weighted by Gasteiger charge is -2.25. The van der Waals surface area contributed by atoms with Crippen LogP contribution in [0.2, 0.25) is 0 Å². The Hall–Kier alpha value is -0.120. The normalized spacial score (nSPS) is 26.1. The summed E-state index contributed by atoms with van der Waals surface area (Å²) in [5, 5.41) is 3.75. The van der Waals surface area contributed by atoms with Crippen molar-refractivity contribution in [2.24, 2.45) is 5.92 Å². The average Bonchev–Trinajstić information content (AvgIpc) is 3.19. The van der Waals surface area contributed by atoms with Gasteiger partial charge >= 0.3 is 0 Å². The summed E-state index contributed by atoms with van der Waals surface area (Å²) in [5.74, 6) is 0.993. The Morgan fingerprint density at radius 3 is 2.74 bits per heavy atom. The molecule has 1 aliphatic heterocycles. The summed E-state index contributed by atoms with van der Waals surface area (Å²) in [4.78, 5) is 5.16. The van der Waals surface area contributed by atoms with Crippen LogP contribution in [0.15, 0.2) is 0 Å². The maximum atomic E-state index is 3.75. The van der Waals surface area contributed by atoms with Crippen LogP contribution in [0.5, 0.6) is 0 Å². The zero-order valence-corrected chi connectivity index (χ0v) is 13.2. The van der Waals surface area contributed by atoms with Crippen LogP contribution in [-0.2, 0) is 0 Å². The van der Waals surface area contributed by atoms with Gasteiger partial charge in [-0.25, -0.2) is 0 Å². The Bertz CT molecular complexity index is 250. The van der Waals surface area contributed by atoms with E-state index in [1.165, 1.54) is 64.8 Å². The van der Waals surface area contributed by atoms with Crippen molar-refractivity contribution < 1.29 is 0 Å². The molecule has 0 amide bonds. The molecule has 1 saturated heterocycles. The fourth-order valence-corrected chi connectivity index (χ4v) is 3.00. The van der Waals surface area contributed by atoms with Crippen LogP contribution < -0.4 is 5.32 Å². The second kappa shape index (κ2) is 7.61. The van der Waals surface area contributed by atoms with Gasteiger partial charge in [0.05, 0.1) is 0 Å².